The van der Waals surface area contributed by atoms with E-state index < -0.39 is 14.8 Å². The Bertz CT molecular complexity index is 472. The average molecular weight is 316 g/mol. The molecule has 0 amide bonds. The Hall–Kier alpha value is -0.460. The third kappa shape index (κ3) is 3.55. The van der Waals surface area contributed by atoms with E-state index in [0.29, 0.717) is 10.2 Å². The highest BCUT2D eigenvalue weighted by Gasteiger charge is 2.14. The van der Waals surface area contributed by atoms with E-state index in [0.717, 1.165) is 0 Å². The van der Waals surface area contributed by atoms with Crippen molar-refractivity contribution >= 4 is 35.7 Å². The average Bonchev–Trinajstić information content (AvgIpc) is 2.08. The second-order valence-corrected chi connectivity index (χ2v) is 6.43. The molecule has 1 aromatic carbocycles. The second-order valence-electron chi connectivity index (χ2n) is 2.80. The summed E-state index contributed by atoms with van der Waals surface area (Å²) in [6.45, 7) is 0. The second kappa shape index (κ2) is 4.59. The molecule has 0 aromatic heterocycles. The predicted octanol–water partition coefficient (Wildman–Crippen LogP) is 2.23. The van der Waals surface area contributed by atoms with E-state index in [1.54, 1.807) is 0 Å². The normalized spacial score (nSPS) is 11.4. The van der Waals surface area contributed by atoms with E-state index in [-0.39, 0.29) is 11.3 Å². The Labute approximate surface area is 100 Å². The molecular weight excluding hydrogens is 308 g/mol. The topological polar surface area (TPSA) is 63.6 Å². The van der Waals surface area contributed by atoms with E-state index >= 15 is 0 Å². The highest BCUT2D eigenvalue weighted by atomic mass is 79.9. The number of hydrogen-bond acceptors (Lipinski definition) is 4. The van der Waals surface area contributed by atoms with Gasteiger partial charge in [0.05, 0.1) is 17.3 Å². The van der Waals surface area contributed by atoms with Gasteiger partial charge in [0.1, 0.15) is 11.5 Å². The molecule has 15 heavy (non-hydrogen) atoms. The number of methoxy groups -OCH3 is 1. The van der Waals surface area contributed by atoms with Crippen LogP contribution in [-0.4, -0.2) is 20.6 Å². The van der Waals surface area contributed by atoms with Crippen LogP contribution in [0, 0.1) is 0 Å². The van der Waals surface area contributed by atoms with Gasteiger partial charge >= 0.3 is 0 Å². The number of hydrogen-bond donors (Lipinski definition) is 1. The quantitative estimate of drug-likeness (QED) is 0.869. The van der Waals surface area contributed by atoms with Gasteiger partial charge in [0.2, 0.25) is 9.05 Å². The molecule has 0 fully saturated rings. The molecule has 0 aliphatic heterocycles. The number of aromatic hydroxyl groups is 1. The van der Waals surface area contributed by atoms with E-state index in [1.807, 2.05) is 0 Å². The molecule has 0 atom stereocenters. The number of ether oxygens (including phenoxy) is 1. The van der Waals surface area contributed by atoms with Gasteiger partial charge in [-0.1, -0.05) is 0 Å². The third-order valence-electron chi connectivity index (χ3n) is 1.68. The van der Waals surface area contributed by atoms with Crippen LogP contribution in [0.1, 0.15) is 5.56 Å². The van der Waals surface area contributed by atoms with Gasteiger partial charge in [-0.2, -0.15) is 0 Å². The van der Waals surface area contributed by atoms with Crippen molar-refractivity contribution in [1.29, 1.82) is 0 Å². The minimum absolute atomic E-state index is 0.167. The van der Waals surface area contributed by atoms with Gasteiger partial charge in [-0.05, 0) is 22.0 Å². The molecule has 0 heterocycles. The lowest BCUT2D eigenvalue weighted by molar-refractivity contribution is 0.404. The minimum Gasteiger partial charge on any atom is -0.507 e. The molecular formula is C8H8BrClO4S. The van der Waals surface area contributed by atoms with Crippen LogP contribution in [-0.2, 0) is 14.8 Å². The van der Waals surface area contributed by atoms with Gasteiger partial charge in [0, 0.05) is 22.3 Å². The van der Waals surface area contributed by atoms with Crippen molar-refractivity contribution in [3.63, 3.8) is 0 Å². The smallest absolute Gasteiger partial charge is 0.236 e. The van der Waals surface area contributed by atoms with Crippen LogP contribution < -0.4 is 4.74 Å². The Kier molecular flexibility index (Phi) is 3.86. The lowest BCUT2D eigenvalue weighted by atomic mass is 10.2. The van der Waals surface area contributed by atoms with Gasteiger partial charge in [0.15, 0.2) is 0 Å². The van der Waals surface area contributed by atoms with E-state index in [9.17, 15) is 13.5 Å². The van der Waals surface area contributed by atoms with Crippen molar-refractivity contribution in [2.45, 2.75) is 5.75 Å². The van der Waals surface area contributed by atoms with Crippen molar-refractivity contribution in [3.8, 4) is 11.5 Å². The molecule has 0 radical (unpaired) electrons. The Balaban J connectivity index is 3.17. The predicted molar refractivity (Wildman–Crippen MR) is 60.8 cm³/mol. The lowest BCUT2D eigenvalue weighted by Crippen LogP contribution is -1.96. The van der Waals surface area contributed by atoms with Gasteiger partial charge in [0.25, 0.3) is 0 Å². The number of benzene rings is 1. The van der Waals surface area contributed by atoms with Crippen molar-refractivity contribution in [3.05, 3.63) is 22.2 Å². The van der Waals surface area contributed by atoms with Crippen LogP contribution in [0.2, 0.25) is 0 Å². The molecule has 84 valence electrons. The Morgan fingerprint density at radius 1 is 1.53 bits per heavy atom. The zero-order valence-electron chi connectivity index (χ0n) is 7.70. The van der Waals surface area contributed by atoms with Crippen molar-refractivity contribution < 1.29 is 18.3 Å². The van der Waals surface area contributed by atoms with Gasteiger partial charge < -0.3 is 9.84 Å². The van der Waals surface area contributed by atoms with Gasteiger partial charge in [-0.15, -0.1) is 0 Å². The summed E-state index contributed by atoms with van der Waals surface area (Å²) in [5, 5.41) is 9.49. The molecule has 1 rings (SSSR count). The summed E-state index contributed by atoms with van der Waals surface area (Å²) in [7, 11) is 2.84. The molecule has 0 saturated heterocycles. The first kappa shape index (κ1) is 12.6. The zero-order valence-corrected chi connectivity index (χ0v) is 10.9. The van der Waals surface area contributed by atoms with Crippen molar-refractivity contribution in [2.75, 3.05) is 7.11 Å². The summed E-state index contributed by atoms with van der Waals surface area (Å²) in [5.74, 6) is -0.175. The molecule has 0 aliphatic rings. The molecule has 0 spiro atoms. The minimum atomic E-state index is -3.69. The monoisotopic (exact) mass is 314 g/mol. The summed E-state index contributed by atoms with van der Waals surface area (Å²) in [6.07, 6.45) is 0. The highest BCUT2D eigenvalue weighted by molar-refractivity contribution is 9.10. The maximum atomic E-state index is 10.8. The standard InChI is InChI=1S/C8H8BrClO4S/c1-14-8-3-7(11)5(2-6(8)9)4-15(10,12)13/h2-3,11H,4H2,1H3. The van der Waals surface area contributed by atoms with Crippen LogP contribution in [0.15, 0.2) is 16.6 Å². The molecule has 4 nitrogen and oxygen atoms in total. The highest BCUT2D eigenvalue weighted by Crippen LogP contribution is 2.33. The molecule has 0 bridgehead atoms. The molecule has 1 N–H and O–H groups in total. The fourth-order valence-electron chi connectivity index (χ4n) is 1.04. The first-order valence-electron chi connectivity index (χ1n) is 3.81. The molecule has 7 heteroatoms. The fraction of sp³-hybridized carbons (Fsp3) is 0.250. The number of phenolic OH excluding ortho intramolecular Hbond substituents is 1. The van der Waals surface area contributed by atoms with Crippen molar-refractivity contribution in [2.24, 2.45) is 0 Å². The fourth-order valence-corrected chi connectivity index (χ4v) is 2.55. The summed E-state index contributed by atoms with van der Waals surface area (Å²) in [5.41, 5.74) is 0.220. The van der Waals surface area contributed by atoms with E-state index in [1.165, 1.54) is 19.2 Å². The Morgan fingerprint density at radius 2 is 2.13 bits per heavy atom. The van der Waals surface area contributed by atoms with Crippen LogP contribution in [0.25, 0.3) is 0 Å². The summed E-state index contributed by atoms with van der Waals surface area (Å²) in [6, 6.07) is 2.77. The van der Waals surface area contributed by atoms with Crippen LogP contribution >= 0.6 is 26.6 Å². The van der Waals surface area contributed by atoms with E-state index in [4.69, 9.17) is 15.4 Å². The van der Waals surface area contributed by atoms with Gasteiger partial charge in [-0.25, -0.2) is 8.42 Å². The maximum absolute atomic E-state index is 10.8. The number of phenols is 1. The summed E-state index contributed by atoms with van der Waals surface area (Å²) < 4.78 is 27.1. The van der Waals surface area contributed by atoms with Crippen molar-refractivity contribution in [1.82, 2.24) is 0 Å². The SMILES string of the molecule is COc1cc(O)c(CS(=O)(=O)Cl)cc1Br. The molecule has 0 aliphatic carbocycles. The number of rotatable bonds is 3. The molecule has 0 saturated carbocycles. The van der Waals surface area contributed by atoms with Crippen LogP contribution in [0.4, 0.5) is 0 Å². The zero-order chi connectivity index (χ0) is 11.6. The van der Waals surface area contributed by atoms with Crippen LogP contribution in [0.5, 0.6) is 11.5 Å². The van der Waals surface area contributed by atoms with Gasteiger partial charge in [-0.3, -0.25) is 0 Å². The summed E-state index contributed by atoms with van der Waals surface area (Å²) >= 11 is 3.17. The molecule has 0 unspecified atom stereocenters. The first-order chi connectivity index (χ1) is 6.83. The lowest BCUT2D eigenvalue weighted by Gasteiger charge is -2.07. The first-order valence-corrected chi connectivity index (χ1v) is 7.08. The maximum Gasteiger partial charge on any atom is 0.236 e. The largest absolute Gasteiger partial charge is 0.507 e. The van der Waals surface area contributed by atoms with E-state index in [2.05, 4.69) is 15.9 Å². The number of halogens is 2. The summed E-state index contributed by atoms with van der Waals surface area (Å²) in [4.78, 5) is 0. The van der Waals surface area contributed by atoms with Crippen LogP contribution in [0.3, 0.4) is 0 Å². The third-order valence-corrected chi connectivity index (χ3v) is 3.28. The molecule has 1 aromatic rings. The Morgan fingerprint density at radius 3 is 2.60 bits per heavy atom.